The molecule has 6 nitrogen and oxygen atoms in total. The molecule has 0 atom stereocenters. The maximum absolute atomic E-state index is 11.9. The normalized spacial score (nSPS) is 11.2. The van der Waals surface area contributed by atoms with Crippen LogP contribution < -0.4 is 5.43 Å². The molecular weight excluding hydrogens is 272 g/mol. The van der Waals surface area contributed by atoms with E-state index in [2.05, 4.69) is 10.5 Å². The topological polar surface area (TPSA) is 102 Å². The number of phenols is 3. The van der Waals surface area contributed by atoms with Crippen LogP contribution in [0, 0.1) is 0 Å². The summed E-state index contributed by atoms with van der Waals surface area (Å²) in [6.07, 6.45) is 0. The Morgan fingerprint density at radius 2 is 1.57 bits per heavy atom. The zero-order valence-electron chi connectivity index (χ0n) is 11.2. The van der Waals surface area contributed by atoms with Crippen LogP contribution in [0.4, 0.5) is 0 Å². The van der Waals surface area contributed by atoms with Gasteiger partial charge >= 0.3 is 0 Å². The quantitative estimate of drug-likeness (QED) is 0.511. The number of rotatable bonds is 3. The lowest BCUT2D eigenvalue weighted by Gasteiger charge is -2.04. The van der Waals surface area contributed by atoms with Gasteiger partial charge in [-0.1, -0.05) is 12.1 Å². The number of phenolic OH excluding ortho intramolecular Hbond substituents is 3. The van der Waals surface area contributed by atoms with Gasteiger partial charge in [0.05, 0.1) is 5.71 Å². The van der Waals surface area contributed by atoms with Crippen LogP contribution in [0.2, 0.25) is 0 Å². The predicted octanol–water partition coefficient (Wildman–Crippen LogP) is 1.96. The van der Waals surface area contributed by atoms with Crippen molar-refractivity contribution in [2.45, 2.75) is 6.92 Å². The molecule has 0 heterocycles. The van der Waals surface area contributed by atoms with Gasteiger partial charge in [0.2, 0.25) is 0 Å². The molecule has 0 aromatic heterocycles. The first kappa shape index (κ1) is 14.4. The minimum absolute atomic E-state index is 0.0833. The zero-order valence-corrected chi connectivity index (χ0v) is 11.2. The van der Waals surface area contributed by atoms with Crippen LogP contribution in [0.3, 0.4) is 0 Å². The minimum Gasteiger partial charge on any atom is -0.508 e. The third-order valence-corrected chi connectivity index (χ3v) is 2.75. The molecule has 1 amide bonds. The molecule has 2 rings (SSSR count). The summed E-state index contributed by atoms with van der Waals surface area (Å²) in [7, 11) is 0. The molecule has 4 N–H and O–H groups in total. The lowest BCUT2D eigenvalue weighted by Crippen LogP contribution is -2.19. The van der Waals surface area contributed by atoms with E-state index < -0.39 is 5.91 Å². The van der Waals surface area contributed by atoms with Gasteiger partial charge in [-0.3, -0.25) is 4.79 Å². The fourth-order valence-electron chi connectivity index (χ4n) is 1.72. The van der Waals surface area contributed by atoms with Gasteiger partial charge in [0.15, 0.2) is 0 Å². The maximum Gasteiger partial charge on any atom is 0.271 e. The summed E-state index contributed by atoms with van der Waals surface area (Å²) in [4.78, 5) is 11.9. The van der Waals surface area contributed by atoms with Crippen molar-refractivity contribution in [1.82, 2.24) is 5.43 Å². The second kappa shape index (κ2) is 5.96. The van der Waals surface area contributed by atoms with E-state index in [-0.39, 0.29) is 22.8 Å². The molecule has 6 heteroatoms. The molecule has 108 valence electrons. The Balaban J connectivity index is 2.14. The van der Waals surface area contributed by atoms with Gasteiger partial charge in [-0.2, -0.15) is 5.10 Å². The molecule has 21 heavy (non-hydrogen) atoms. The molecule has 0 aliphatic heterocycles. The minimum atomic E-state index is -0.569. The number of aromatic hydroxyl groups is 3. The Morgan fingerprint density at radius 3 is 2.19 bits per heavy atom. The first-order chi connectivity index (χ1) is 9.95. The molecule has 0 radical (unpaired) electrons. The van der Waals surface area contributed by atoms with Crippen molar-refractivity contribution in [2.75, 3.05) is 0 Å². The Labute approximate surface area is 121 Å². The van der Waals surface area contributed by atoms with Crippen LogP contribution in [0.1, 0.15) is 22.8 Å². The number of amides is 1. The fraction of sp³-hybridized carbons (Fsp3) is 0.0667. The van der Waals surface area contributed by atoms with Crippen molar-refractivity contribution in [2.24, 2.45) is 5.10 Å². The standard InChI is InChI=1S/C15H14N2O4/c1-9(10-3-2-4-12(18)5-10)16-17-15(21)11-6-13(19)8-14(20)7-11/h2-8,18-20H,1H3,(H,17,21)/b16-9-. The van der Waals surface area contributed by atoms with Gasteiger partial charge in [0.1, 0.15) is 17.2 Å². The SMILES string of the molecule is C/C(=N/NC(=O)c1cc(O)cc(O)c1)c1cccc(O)c1. The number of hydrogen-bond acceptors (Lipinski definition) is 5. The van der Waals surface area contributed by atoms with Crippen LogP contribution in [0.5, 0.6) is 17.2 Å². The van der Waals surface area contributed by atoms with E-state index in [0.717, 1.165) is 6.07 Å². The van der Waals surface area contributed by atoms with Crippen molar-refractivity contribution < 1.29 is 20.1 Å². The number of hydrogen-bond donors (Lipinski definition) is 4. The summed E-state index contributed by atoms with van der Waals surface area (Å²) in [5.41, 5.74) is 3.56. The third kappa shape index (κ3) is 3.73. The summed E-state index contributed by atoms with van der Waals surface area (Å²) >= 11 is 0. The van der Waals surface area contributed by atoms with Gasteiger partial charge in [-0.25, -0.2) is 5.43 Å². The van der Waals surface area contributed by atoms with E-state index in [1.54, 1.807) is 19.1 Å². The number of hydrazone groups is 1. The molecule has 2 aromatic carbocycles. The van der Waals surface area contributed by atoms with Crippen molar-refractivity contribution in [3.05, 3.63) is 53.6 Å². The molecule has 0 bridgehead atoms. The summed E-state index contributed by atoms with van der Waals surface area (Å²) in [5, 5.41) is 31.9. The summed E-state index contributed by atoms with van der Waals surface area (Å²) in [6.45, 7) is 1.68. The molecule has 0 spiro atoms. The van der Waals surface area contributed by atoms with Crippen molar-refractivity contribution in [1.29, 1.82) is 0 Å². The number of nitrogens with zero attached hydrogens (tertiary/aromatic N) is 1. The number of carbonyl (C=O) groups excluding carboxylic acids is 1. The zero-order chi connectivity index (χ0) is 15.4. The fourth-order valence-corrected chi connectivity index (χ4v) is 1.72. The highest BCUT2D eigenvalue weighted by atomic mass is 16.3. The molecule has 0 aliphatic rings. The maximum atomic E-state index is 11.9. The Kier molecular flexibility index (Phi) is 4.08. The van der Waals surface area contributed by atoms with E-state index in [4.69, 9.17) is 0 Å². The third-order valence-electron chi connectivity index (χ3n) is 2.75. The molecule has 0 fully saturated rings. The van der Waals surface area contributed by atoms with E-state index in [1.165, 1.54) is 24.3 Å². The van der Waals surface area contributed by atoms with Crippen LogP contribution in [-0.2, 0) is 0 Å². The van der Waals surface area contributed by atoms with Crippen LogP contribution >= 0.6 is 0 Å². The van der Waals surface area contributed by atoms with Gasteiger partial charge in [0, 0.05) is 17.2 Å². The van der Waals surface area contributed by atoms with Crippen molar-refractivity contribution >= 4 is 11.6 Å². The Morgan fingerprint density at radius 1 is 0.952 bits per heavy atom. The lowest BCUT2D eigenvalue weighted by molar-refractivity contribution is 0.0954. The van der Waals surface area contributed by atoms with Crippen molar-refractivity contribution in [3.8, 4) is 17.2 Å². The molecule has 0 saturated heterocycles. The number of carbonyl (C=O) groups is 1. The van der Waals surface area contributed by atoms with Gasteiger partial charge in [-0.15, -0.1) is 0 Å². The highest BCUT2D eigenvalue weighted by Gasteiger charge is 2.08. The van der Waals surface area contributed by atoms with Gasteiger partial charge < -0.3 is 15.3 Å². The van der Waals surface area contributed by atoms with E-state index in [1.807, 2.05) is 0 Å². The van der Waals surface area contributed by atoms with E-state index in [0.29, 0.717) is 11.3 Å². The monoisotopic (exact) mass is 286 g/mol. The van der Waals surface area contributed by atoms with Gasteiger partial charge in [0.25, 0.3) is 5.91 Å². The highest BCUT2D eigenvalue weighted by Crippen LogP contribution is 2.20. The Hall–Kier alpha value is -3.02. The summed E-state index contributed by atoms with van der Waals surface area (Å²) in [6, 6.07) is 10.0. The van der Waals surface area contributed by atoms with E-state index in [9.17, 15) is 20.1 Å². The molecule has 0 unspecified atom stereocenters. The van der Waals surface area contributed by atoms with Crippen LogP contribution in [0.15, 0.2) is 47.6 Å². The lowest BCUT2D eigenvalue weighted by atomic mass is 10.1. The summed E-state index contributed by atoms with van der Waals surface area (Å²) in [5.74, 6) is -0.894. The largest absolute Gasteiger partial charge is 0.508 e. The molecule has 0 saturated carbocycles. The first-order valence-electron chi connectivity index (χ1n) is 6.13. The number of nitrogens with one attached hydrogen (secondary N) is 1. The second-order valence-corrected chi connectivity index (χ2v) is 4.43. The van der Waals surface area contributed by atoms with Gasteiger partial charge in [-0.05, 0) is 31.2 Å². The van der Waals surface area contributed by atoms with E-state index >= 15 is 0 Å². The predicted molar refractivity (Wildman–Crippen MR) is 77.6 cm³/mol. The van der Waals surface area contributed by atoms with Crippen molar-refractivity contribution in [3.63, 3.8) is 0 Å². The van der Waals surface area contributed by atoms with Crippen LogP contribution in [-0.4, -0.2) is 26.9 Å². The molecular formula is C15H14N2O4. The molecule has 2 aromatic rings. The average Bonchev–Trinajstić information content (AvgIpc) is 2.43. The van der Waals surface area contributed by atoms with Crippen LogP contribution in [0.25, 0.3) is 0 Å². The highest BCUT2D eigenvalue weighted by molar-refractivity contribution is 6.01. The first-order valence-corrected chi connectivity index (χ1v) is 6.13. The average molecular weight is 286 g/mol. The number of benzene rings is 2. The Bertz CT molecular complexity index is 690. The summed E-state index contributed by atoms with van der Waals surface area (Å²) < 4.78 is 0. The second-order valence-electron chi connectivity index (χ2n) is 4.43. The molecule has 0 aliphatic carbocycles. The smallest absolute Gasteiger partial charge is 0.271 e.